The van der Waals surface area contributed by atoms with Crippen molar-refractivity contribution in [2.45, 2.75) is 33.7 Å². The largest absolute Gasteiger partial charge is 0.503 e. The van der Waals surface area contributed by atoms with E-state index in [0.29, 0.717) is 18.0 Å². The molecule has 1 N–H and O–H groups in total. The van der Waals surface area contributed by atoms with Crippen LogP contribution in [0, 0.1) is 5.41 Å². The van der Waals surface area contributed by atoms with Crippen molar-refractivity contribution in [1.29, 1.82) is 0 Å². The summed E-state index contributed by atoms with van der Waals surface area (Å²) in [7, 11) is 3.89. The van der Waals surface area contributed by atoms with Crippen molar-refractivity contribution in [3.05, 3.63) is 65.4 Å². The molecule has 0 spiro atoms. The van der Waals surface area contributed by atoms with Gasteiger partial charge in [0, 0.05) is 30.9 Å². The van der Waals surface area contributed by atoms with E-state index in [9.17, 15) is 14.7 Å². The molecule has 0 saturated heterocycles. The molecule has 164 valence electrons. The van der Waals surface area contributed by atoms with Gasteiger partial charge in [-0.05, 0) is 48.9 Å². The first-order valence-electron chi connectivity index (χ1n) is 10.4. The standard InChI is InChI=1S/C25H30N2O4/c1-7-31-19-14-12-18(13-15-19)27-21(16-8-10-17(11-9-16)26(5)6)20(22(28)24(27)30)23(29)25(2,3)4/h8-15,21,28H,7H2,1-6H3. The molecule has 0 aliphatic carbocycles. The number of nitrogens with zero attached hydrogens (tertiary/aromatic N) is 2. The van der Waals surface area contributed by atoms with Gasteiger partial charge in [-0.1, -0.05) is 32.9 Å². The average molecular weight is 423 g/mol. The molecule has 6 nitrogen and oxygen atoms in total. The molecule has 3 rings (SSSR count). The number of ether oxygens (including phenoxy) is 1. The number of hydrogen-bond donors (Lipinski definition) is 1. The van der Waals surface area contributed by atoms with Gasteiger partial charge in [0.1, 0.15) is 5.75 Å². The molecule has 6 heteroatoms. The van der Waals surface area contributed by atoms with Gasteiger partial charge < -0.3 is 14.7 Å². The van der Waals surface area contributed by atoms with Gasteiger partial charge in [-0.2, -0.15) is 0 Å². The third-order valence-electron chi connectivity index (χ3n) is 5.29. The number of Topliss-reactive ketones (excluding diaryl/α,β-unsaturated/α-hetero) is 1. The number of aliphatic hydroxyl groups is 1. The van der Waals surface area contributed by atoms with Gasteiger partial charge in [0.05, 0.1) is 18.2 Å². The Morgan fingerprint density at radius 1 is 1.06 bits per heavy atom. The number of carbonyl (C=O) groups is 2. The van der Waals surface area contributed by atoms with Crippen molar-refractivity contribution in [2.75, 3.05) is 30.5 Å². The van der Waals surface area contributed by atoms with Crippen LogP contribution in [0.3, 0.4) is 0 Å². The van der Waals surface area contributed by atoms with Crippen LogP contribution in [0.5, 0.6) is 5.75 Å². The average Bonchev–Trinajstić information content (AvgIpc) is 2.98. The van der Waals surface area contributed by atoms with Crippen LogP contribution >= 0.6 is 0 Å². The molecule has 2 aromatic rings. The molecule has 0 saturated carbocycles. The van der Waals surface area contributed by atoms with E-state index in [2.05, 4.69) is 0 Å². The highest BCUT2D eigenvalue weighted by Crippen LogP contribution is 2.43. The molecular formula is C25H30N2O4. The van der Waals surface area contributed by atoms with Crippen LogP contribution in [0.1, 0.15) is 39.3 Å². The van der Waals surface area contributed by atoms with Crippen molar-refractivity contribution in [2.24, 2.45) is 5.41 Å². The van der Waals surface area contributed by atoms with Crippen LogP contribution in [-0.4, -0.2) is 37.5 Å². The van der Waals surface area contributed by atoms with Gasteiger partial charge in [-0.15, -0.1) is 0 Å². The first kappa shape index (κ1) is 22.4. The fraction of sp³-hybridized carbons (Fsp3) is 0.360. The number of ketones is 1. The lowest BCUT2D eigenvalue weighted by molar-refractivity contribution is -0.123. The molecular weight excluding hydrogens is 392 g/mol. The van der Waals surface area contributed by atoms with E-state index < -0.39 is 23.1 Å². The van der Waals surface area contributed by atoms with Crippen molar-refractivity contribution < 1.29 is 19.4 Å². The second-order valence-electron chi connectivity index (χ2n) is 8.83. The Morgan fingerprint density at radius 3 is 2.13 bits per heavy atom. The highest BCUT2D eigenvalue weighted by Gasteiger charge is 2.46. The lowest BCUT2D eigenvalue weighted by Gasteiger charge is -2.29. The summed E-state index contributed by atoms with van der Waals surface area (Å²) in [5, 5.41) is 10.8. The quantitative estimate of drug-likeness (QED) is 0.733. The summed E-state index contributed by atoms with van der Waals surface area (Å²) >= 11 is 0. The van der Waals surface area contributed by atoms with Gasteiger partial charge in [-0.3, -0.25) is 14.5 Å². The Balaban J connectivity index is 2.13. The van der Waals surface area contributed by atoms with E-state index in [4.69, 9.17) is 4.74 Å². The lowest BCUT2D eigenvalue weighted by Crippen LogP contribution is -2.32. The number of hydrogen-bond acceptors (Lipinski definition) is 5. The van der Waals surface area contributed by atoms with Gasteiger partial charge >= 0.3 is 0 Å². The number of rotatable bonds is 6. The maximum Gasteiger partial charge on any atom is 0.294 e. The molecule has 1 unspecified atom stereocenters. The zero-order valence-electron chi connectivity index (χ0n) is 19.0. The number of benzene rings is 2. The van der Waals surface area contributed by atoms with E-state index in [1.54, 1.807) is 45.0 Å². The fourth-order valence-electron chi connectivity index (χ4n) is 3.65. The van der Waals surface area contributed by atoms with E-state index in [0.717, 1.165) is 11.3 Å². The molecule has 1 aliphatic heterocycles. The number of carbonyl (C=O) groups excluding carboxylic acids is 2. The normalized spacial score (nSPS) is 16.6. The topological polar surface area (TPSA) is 70.1 Å². The number of anilines is 2. The first-order valence-corrected chi connectivity index (χ1v) is 10.4. The number of aliphatic hydroxyl groups excluding tert-OH is 1. The minimum atomic E-state index is -0.750. The van der Waals surface area contributed by atoms with Crippen molar-refractivity contribution in [1.82, 2.24) is 0 Å². The summed E-state index contributed by atoms with van der Waals surface area (Å²) in [4.78, 5) is 29.9. The summed E-state index contributed by atoms with van der Waals surface area (Å²) < 4.78 is 5.50. The Kier molecular flexibility index (Phi) is 6.11. The lowest BCUT2D eigenvalue weighted by atomic mass is 9.82. The van der Waals surface area contributed by atoms with Gasteiger partial charge in [0.15, 0.2) is 11.5 Å². The Hall–Kier alpha value is -3.28. The van der Waals surface area contributed by atoms with Crippen LogP contribution in [0.15, 0.2) is 59.9 Å². The third kappa shape index (κ3) is 4.29. The zero-order valence-corrected chi connectivity index (χ0v) is 19.0. The molecule has 1 heterocycles. The smallest absolute Gasteiger partial charge is 0.294 e. The van der Waals surface area contributed by atoms with E-state index in [1.807, 2.05) is 50.2 Å². The second-order valence-corrected chi connectivity index (χ2v) is 8.83. The maximum atomic E-state index is 13.3. The fourth-order valence-corrected chi connectivity index (χ4v) is 3.65. The van der Waals surface area contributed by atoms with Gasteiger partial charge in [-0.25, -0.2) is 0 Å². The third-order valence-corrected chi connectivity index (χ3v) is 5.29. The summed E-state index contributed by atoms with van der Waals surface area (Å²) in [5.74, 6) is -0.643. The molecule has 0 bridgehead atoms. The second kappa shape index (κ2) is 8.46. The highest BCUT2D eigenvalue weighted by molar-refractivity contribution is 6.17. The summed E-state index contributed by atoms with van der Waals surface area (Å²) in [6.07, 6.45) is 0. The molecule has 1 amide bonds. The monoisotopic (exact) mass is 422 g/mol. The van der Waals surface area contributed by atoms with E-state index in [1.165, 1.54) is 4.90 Å². The molecule has 0 radical (unpaired) electrons. The summed E-state index contributed by atoms with van der Waals surface area (Å²) in [6.45, 7) is 7.79. The summed E-state index contributed by atoms with van der Waals surface area (Å²) in [5.41, 5.74) is 1.71. The van der Waals surface area contributed by atoms with Crippen LogP contribution in [0.25, 0.3) is 0 Å². The molecule has 0 aromatic heterocycles. The Labute approximate surface area is 183 Å². The summed E-state index contributed by atoms with van der Waals surface area (Å²) in [6, 6.07) is 14.0. The van der Waals surface area contributed by atoms with E-state index >= 15 is 0 Å². The molecule has 2 aromatic carbocycles. The SMILES string of the molecule is CCOc1ccc(N2C(=O)C(O)=C(C(=O)C(C)(C)C)C2c2ccc(N(C)C)cc2)cc1. The van der Waals surface area contributed by atoms with Crippen LogP contribution in [0.4, 0.5) is 11.4 Å². The molecule has 0 fully saturated rings. The molecule has 1 aliphatic rings. The molecule has 1 atom stereocenters. The van der Waals surface area contributed by atoms with Gasteiger partial charge in [0.2, 0.25) is 0 Å². The Morgan fingerprint density at radius 2 is 1.65 bits per heavy atom. The minimum Gasteiger partial charge on any atom is -0.503 e. The van der Waals surface area contributed by atoms with Crippen molar-refractivity contribution in [3.63, 3.8) is 0 Å². The van der Waals surface area contributed by atoms with Crippen molar-refractivity contribution >= 4 is 23.1 Å². The zero-order chi connectivity index (χ0) is 22.9. The van der Waals surface area contributed by atoms with E-state index in [-0.39, 0.29) is 11.4 Å². The maximum absolute atomic E-state index is 13.3. The predicted molar refractivity (Wildman–Crippen MR) is 123 cm³/mol. The van der Waals surface area contributed by atoms with Gasteiger partial charge in [0.25, 0.3) is 5.91 Å². The Bertz CT molecular complexity index is 999. The molecule has 31 heavy (non-hydrogen) atoms. The van der Waals surface area contributed by atoms with Crippen LogP contribution in [0.2, 0.25) is 0 Å². The number of amides is 1. The van der Waals surface area contributed by atoms with Crippen LogP contribution < -0.4 is 14.5 Å². The minimum absolute atomic E-state index is 0.129. The highest BCUT2D eigenvalue weighted by atomic mass is 16.5. The first-order chi connectivity index (χ1) is 14.6. The van der Waals surface area contributed by atoms with Crippen molar-refractivity contribution in [3.8, 4) is 5.75 Å². The predicted octanol–water partition coefficient (Wildman–Crippen LogP) is 4.67. The van der Waals surface area contributed by atoms with Crippen LogP contribution in [-0.2, 0) is 9.59 Å².